The summed E-state index contributed by atoms with van der Waals surface area (Å²) in [7, 11) is 0. The first-order valence-corrected chi connectivity index (χ1v) is 18.1. The van der Waals surface area contributed by atoms with Crippen molar-refractivity contribution in [2.45, 2.75) is 105 Å². The Morgan fingerprint density at radius 2 is 1.34 bits per heavy atom. The summed E-state index contributed by atoms with van der Waals surface area (Å²) in [6, 6.07) is 17.1. The normalized spacial score (nSPS) is 12.3. The van der Waals surface area contributed by atoms with Crippen molar-refractivity contribution in [3.63, 3.8) is 0 Å². The quantitative estimate of drug-likeness (QED) is 0.0584. The van der Waals surface area contributed by atoms with Crippen molar-refractivity contribution in [3.8, 4) is 45.7 Å². The number of esters is 1. The smallest absolute Gasteiger partial charge is 0.330 e. The van der Waals surface area contributed by atoms with Gasteiger partial charge in [0.1, 0.15) is 18.1 Å². The van der Waals surface area contributed by atoms with Crippen molar-refractivity contribution in [2.24, 2.45) is 0 Å². The lowest BCUT2D eigenvalue weighted by Gasteiger charge is -2.28. The van der Waals surface area contributed by atoms with Crippen LogP contribution in [0.5, 0.6) is 11.5 Å². The topological polar surface area (TPSA) is 141 Å². The number of nitrogens with zero attached hydrogens (tertiary/aromatic N) is 3. The van der Waals surface area contributed by atoms with E-state index in [1.54, 1.807) is 26.0 Å². The molecule has 0 aliphatic rings. The molecule has 4 aromatic rings. The fourth-order valence-electron chi connectivity index (χ4n) is 6.12. The van der Waals surface area contributed by atoms with Gasteiger partial charge in [-0.25, -0.2) is 19.7 Å². The SMILES string of the molecule is C=CC(=O)OCC(O)CC(C)(C)OCCCCCC(=O)C(C)(C)Oc1ccc(-c2nc(-c3ccc(C)cc3C)nc(-c3ccc(C)cc3C)n2)c(O)c1. The highest BCUT2D eigenvalue weighted by atomic mass is 16.5. The van der Waals surface area contributed by atoms with Crippen molar-refractivity contribution < 1.29 is 34.0 Å². The van der Waals surface area contributed by atoms with Crippen LogP contribution in [0.4, 0.5) is 0 Å². The third-order valence-corrected chi connectivity index (χ3v) is 8.99. The highest BCUT2D eigenvalue weighted by molar-refractivity contribution is 5.87. The zero-order valence-corrected chi connectivity index (χ0v) is 32.3. The van der Waals surface area contributed by atoms with E-state index in [1.807, 2.05) is 65.8 Å². The predicted octanol–water partition coefficient (Wildman–Crippen LogP) is 8.37. The van der Waals surface area contributed by atoms with Crippen molar-refractivity contribution in [3.05, 3.63) is 89.5 Å². The molecular weight excluding hydrogens is 670 g/mol. The van der Waals surface area contributed by atoms with E-state index in [0.717, 1.165) is 52.3 Å². The van der Waals surface area contributed by atoms with Gasteiger partial charge in [0, 0.05) is 42.7 Å². The number of ketones is 1. The number of unbranched alkanes of at least 4 members (excludes halogenated alkanes) is 2. The number of aryl methyl sites for hydroxylation is 4. The predicted molar refractivity (Wildman–Crippen MR) is 207 cm³/mol. The number of aliphatic hydroxyl groups excluding tert-OH is 1. The Bertz CT molecular complexity index is 1870. The number of aromatic hydroxyl groups is 1. The lowest BCUT2D eigenvalue weighted by molar-refractivity contribution is -0.142. The number of aromatic nitrogens is 3. The van der Waals surface area contributed by atoms with Crippen LogP contribution in [0.1, 0.15) is 82.1 Å². The molecule has 0 spiro atoms. The van der Waals surface area contributed by atoms with Crippen LogP contribution in [-0.2, 0) is 19.1 Å². The molecule has 0 bridgehead atoms. The summed E-state index contributed by atoms with van der Waals surface area (Å²) in [6.45, 7) is 19.0. The van der Waals surface area contributed by atoms with Crippen molar-refractivity contribution >= 4 is 11.8 Å². The zero-order chi connectivity index (χ0) is 38.9. The molecule has 0 aliphatic carbocycles. The maximum absolute atomic E-state index is 13.2. The fourth-order valence-corrected chi connectivity index (χ4v) is 6.12. The molecule has 4 rings (SSSR count). The van der Waals surface area contributed by atoms with Gasteiger partial charge in [-0.2, -0.15) is 0 Å². The first-order chi connectivity index (χ1) is 25.0. The minimum absolute atomic E-state index is 0.0619. The number of Topliss-reactive ketones (excluding diaryl/α,β-unsaturated/α-hetero) is 1. The Labute approximate surface area is 313 Å². The minimum atomic E-state index is -1.13. The van der Waals surface area contributed by atoms with Crippen LogP contribution in [0.25, 0.3) is 34.2 Å². The number of carbonyl (C=O) groups excluding carboxylic acids is 2. The molecule has 0 amide bonds. The van der Waals surface area contributed by atoms with Gasteiger partial charge in [0.05, 0.1) is 17.3 Å². The Balaban J connectivity index is 1.40. The van der Waals surface area contributed by atoms with E-state index in [0.29, 0.717) is 54.7 Å². The molecule has 53 heavy (non-hydrogen) atoms. The molecule has 0 aliphatic heterocycles. The molecule has 10 nitrogen and oxygen atoms in total. The molecule has 1 atom stereocenters. The number of hydrogen-bond acceptors (Lipinski definition) is 10. The Kier molecular flexibility index (Phi) is 13.7. The largest absolute Gasteiger partial charge is 0.507 e. The summed E-state index contributed by atoms with van der Waals surface area (Å²) in [5, 5.41) is 21.4. The molecule has 10 heteroatoms. The van der Waals surface area contributed by atoms with E-state index in [1.165, 1.54) is 6.07 Å². The summed E-state index contributed by atoms with van der Waals surface area (Å²) in [4.78, 5) is 38.9. The fraction of sp³-hybridized carbons (Fsp3) is 0.419. The van der Waals surface area contributed by atoms with E-state index in [2.05, 4.69) is 18.7 Å². The monoisotopic (exact) mass is 723 g/mol. The van der Waals surface area contributed by atoms with Crippen LogP contribution < -0.4 is 4.74 Å². The van der Waals surface area contributed by atoms with Crippen molar-refractivity contribution in [2.75, 3.05) is 13.2 Å². The molecule has 0 radical (unpaired) electrons. The number of aliphatic hydroxyl groups is 1. The number of benzene rings is 3. The third-order valence-electron chi connectivity index (χ3n) is 8.99. The van der Waals surface area contributed by atoms with Gasteiger partial charge in [-0.1, -0.05) is 60.5 Å². The van der Waals surface area contributed by atoms with Crippen LogP contribution in [0.2, 0.25) is 0 Å². The van der Waals surface area contributed by atoms with Gasteiger partial charge >= 0.3 is 5.97 Å². The first-order valence-electron chi connectivity index (χ1n) is 18.1. The lowest BCUT2D eigenvalue weighted by atomic mass is 9.97. The van der Waals surface area contributed by atoms with E-state index in [9.17, 15) is 19.8 Å². The standard InChI is InChI=1S/C43H53N3O7/c1-10-38(50)51-26-31(47)25-42(6,7)52-21-13-11-12-14-37(49)43(8,9)53-32-17-20-35(36(48)24-32)41-45-39(33-18-15-27(2)22-29(33)4)44-40(46-41)34-19-16-28(3)23-30(34)5/h10,15-20,22-24,31,47-48H,1,11-14,21,25-26H2,2-9H3. The molecule has 0 saturated heterocycles. The second-order valence-corrected chi connectivity index (χ2v) is 14.8. The van der Waals surface area contributed by atoms with E-state index < -0.39 is 23.3 Å². The van der Waals surface area contributed by atoms with Gasteiger partial charge in [0.2, 0.25) is 0 Å². The number of ether oxygens (including phenoxy) is 3. The van der Waals surface area contributed by atoms with Gasteiger partial charge in [0.25, 0.3) is 0 Å². The molecule has 0 fully saturated rings. The van der Waals surface area contributed by atoms with Crippen molar-refractivity contribution in [1.82, 2.24) is 15.0 Å². The molecule has 1 aromatic heterocycles. The maximum Gasteiger partial charge on any atom is 0.330 e. The minimum Gasteiger partial charge on any atom is -0.507 e. The second kappa shape index (κ2) is 17.7. The lowest BCUT2D eigenvalue weighted by Crippen LogP contribution is -2.38. The number of carbonyl (C=O) groups is 2. The van der Waals surface area contributed by atoms with Gasteiger partial charge in [0.15, 0.2) is 28.9 Å². The van der Waals surface area contributed by atoms with Gasteiger partial charge < -0.3 is 24.4 Å². The van der Waals surface area contributed by atoms with Gasteiger partial charge in [-0.15, -0.1) is 0 Å². The van der Waals surface area contributed by atoms with Crippen LogP contribution in [0.15, 0.2) is 67.3 Å². The van der Waals surface area contributed by atoms with E-state index in [-0.39, 0.29) is 18.1 Å². The molecule has 1 heterocycles. The first kappa shape index (κ1) is 40.8. The number of phenolic OH excluding ortho intramolecular Hbond substituents is 1. The zero-order valence-electron chi connectivity index (χ0n) is 32.3. The Hall–Kier alpha value is -4.93. The van der Waals surface area contributed by atoms with E-state index >= 15 is 0 Å². The molecule has 2 N–H and O–H groups in total. The van der Waals surface area contributed by atoms with Crippen LogP contribution >= 0.6 is 0 Å². The summed E-state index contributed by atoms with van der Waals surface area (Å²) in [6.07, 6.45) is 2.99. The third kappa shape index (κ3) is 11.5. The number of phenols is 1. The average molecular weight is 724 g/mol. The molecular formula is C43H53N3O7. The second-order valence-electron chi connectivity index (χ2n) is 14.8. The molecule has 1 unspecified atom stereocenters. The Morgan fingerprint density at radius 1 is 0.792 bits per heavy atom. The van der Waals surface area contributed by atoms with Crippen molar-refractivity contribution in [1.29, 1.82) is 0 Å². The van der Waals surface area contributed by atoms with Gasteiger partial charge in [-0.3, -0.25) is 4.79 Å². The van der Waals surface area contributed by atoms with Crippen LogP contribution in [0.3, 0.4) is 0 Å². The molecule has 282 valence electrons. The molecule has 0 saturated carbocycles. The average Bonchev–Trinajstić information content (AvgIpc) is 3.08. The van der Waals surface area contributed by atoms with Crippen LogP contribution in [0, 0.1) is 27.7 Å². The van der Waals surface area contributed by atoms with E-state index in [4.69, 9.17) is 29.2 Å². The summed E-state index contributed by atoms with van der Waals surface area (Å²) in [5.41, 5.74) is 4.76. The number of hydrogen-bond donors (Lipinski definition) is 2. The summed E-state index contributed by atoms with van der Waals surface area (Å²) in [5.74, 6) is 0.959. The summed E-state index contributed by atoms with van der Waals surface area (Å²) < 4.78 is 17.0. The maximum atomic E-state index is 13.2. The van der Waals surface area contributed by atoms with Crippen LogP contribution in [-0.4, -0.2) is 67.4 Å². The number of rotatable bonds is 18. The highest BCUT2D eigenvalue weighted by Crippen LogP contribution is 2.35. The Morgan fingerprint density at radius 3 is 1.87 bits per heavy atom. The molecule has 3 aromatic carbocycles. The van der Waals surface area contributed by atoms with Gasteiger partial charge in [-0.05, 0) is 91.5 Å². The highest BCUT2D eigenvalue weighted by Gasteiger charge is 2.30. The summed E-state index contributed by atoms with van der Waals surface area (Å²) >= 11 is 0.